The van der Waals surface area contributed by atoms with Crippen LogP contribution in [0.25, 0.3) is 28.0 Å². The number of amidine groups is 1. The molecule has 0 spiro atoms. The second kappa shape index (κ2) is 13.4. The number of nitrogens with two attached hydrogens (primary N) is 1. The first kappa shape index (κ1) is 31.5. The van der Waals surface area contributed by atoms with E-state index in [1.807, 2.05) is 24.3 Å². The first-order valence-electron chi connectivity index (χ1n) is 16.2. The highest BCUT2D eigenvalue weighted by Crippen LogP contribution is 2.35. The Balaban J connectivity index is 1.18. The fraction of sp³-hybridized carbons (Fsp3) is 0.457. The largest absolute Gasteiger partial charge is 0.372 e. The van der Waals surface area contributed by atoms with Gasteiger partial charge in [0.1, 0.15) is 5.65 Å². The molecular weight excluding hydrogens is 589 g/mol. The number of hydrogen-bond donors (Lipinski definition) is 5. The predicted molar refractivity (Wildman–Crippen MR) is 180 cm³/mol. The van der Waals surface area contributed by atoms with Gasteiger partial charge in [0.05, 0.1) is 22.2 Å². The van der Waals surface area contributed by atoms with Crippen molar-refractivity contribution in [3.8, 4) is 16.9 Å². The lowest BCUT2D eigenvalue weighted by Crippen LogP contribution is -2.42. The number of aromatic nitrogens is 3. The first-order chi connectivity index (χ1) is 21.6. The van der Waals surface area contributed by atoms with E-state index in [0.717, 1.165) is 50.5 Å². The first-order valence-corrected chi connectivity index (χ1v) is 16.6. The van der Waals surface area contributed by atoms with Gasteiger partial charge < -0.3 is 21.4 Å². The summed E-state index contributed by atoms with van der Waals surface area (Å²) in [6.45, 7) is 3.89. The van der Waals surface area contributed by atoms with Gasteiger partial charge in [-0.15, -0.1) is 0 Å². The maximum Gasteiger partial charge on any atom is 0.354 e. The summed E-state index contributed by atoms with van der Waals surface area (Å²) in [5.74, 6) is 0.650. The minimum atomic E-state index is -0.499. The van der Waals surface area contributed by atoms with E-state index < -0.39 is 11.5 Å². The van der Waals surface area contributed by atoms with E-state index in [-0.39, 0.29) is 23.1 Å². The lowest BCUT2D eigenvalue weighted by molar-refractivity contribution is 0.297. The predicted octanol–water partition coefficient (Wildman–Crippen LogP) is 6.78. The summed E-state index contributed by atoms with van der Waals surface area (Å²) in [5, 5.41) is 15.4. The van der Waals surface area contributed by atoms with Gasteiger partial charge in [0.2, 0.25) is 0 Å². The molecule has 0 radical (unpaired) electrons. The second-order valence-corrected chi connectivity index (χ2v) is 13.5. The summed E-state index contributed by atoms with van der Waals surface area (Å²) in [6.07, 6.45) is 11.1. The van der Waals surface area contributed by atoms with Gasteiger partial charge in [0, 0.05) is 41.3 Å². The van der Waals surface area contributed by atoms with Crippen molar-refractivity contribution in [2.45, 2.75) is 95.8 Å². The Bertz CT molecular complexity index is 1730. The van der Waals surface area contributed by atoms with Crippen LogP contribution in [0, 0.1) is 17.1 Å². The zero-order valence-corrected chi connectivity index (χ0v) is 26.8. The Kier molecular flexibility index (Phi) is 9.40. The van der Waals surface area contributed by atoms with Crippen molar-refractivity contribution >= 4 is 28.5 Å². The molecular formula is C35H43ClFN7O. The maximum atomic E-state index is 15.2. The Morgan fingerprint density at radius 3 is 2.71 bits per heavy atom. The van der Waals surface area contributed by atoms with Gasteiger partial charge in [-0.2, -0.15) is 4.98 Å². The van der Waals surface area contributed by atoms with Crippen molar-refractivity contribution < 1.29 is 4.39 Å². The van der Waals surface area contributed by atoms with Crippen LogP contribution >= 0.6 is 11.6 Å². The lowest BCUT2D eigenvalue weighted by atomic mass is 9.90. The zero-order valence-electron chi connectivity index (χ0n) is 26.0. The Morgan fingerprint density at radius 2 is 1.98 bits per heavy atom. The summed E-state index contributed by atoms with van der Waals surface area (Å²) < 4.78 is 16.8. The van der Waals surface area contributed by atoms with E-state index in [1.54, 1.807) is 19.2 Å². The highest BCUT2D eigenvalue weighted by atomic mass is 35.5. The minimum Gasteiger partial charge on any atom is -0.372 e. The van der Waals surface area contributed by atoms with Crippen molar-refractivity contribution in [2.24, 2.45) is 11.7 Å². The number of aromatic amines is 1. The quantitative estimate of drug-likeness (QED) is 0.0922. The summed E-state index contributed by atoms with van der Waals surface area (Å²) in [4.78, 5) is 20.5. The number of rotatable bonds is 11. The van der Waals surface area contributed by atoms with Gasteiger partial charge in [0.15, 0.2) is 5.82 Å². The van der Waals surface area contributed by atoms with Crippen LogP contribution in [-0.2, 0) is 6.42 Å². The number of halogens is 2. The molecule has 0 unspecified atom stereocenters. The minimum absolute atomic E-state index is 0.0756. The summed E-state index contributed by atoms with van der Waals surface area (Å²) >= 11 is 6.32. The number of piperidine rings is 1. The molecule has 2 aromatic heterocycles. The fourth-order valence-electron chi connectivity index (χ4n) is 6.80. The van der Waals surface area contributed by atoms with Crippen LogP contribution in [0.5, 0.6) is 0 Å². The summed E-state index contributed by atoms with van der Waals surface area (Å²) in [6, 6.07) is 14.5. The fourth-order valence-corrected chi connectivity index (χ4v) is 7.04. The SMILES string of the molecule is CC(=N)N[C@@H](C)C[C@@H]1CCC[C@@H](c2ccc(-n3cc4cc(-c5cc(CCC[C@@H](N)C6CC6)cc(Cl)c5F)[nH]c4nc3=O)cc2)N1. The Hall–Kier alpha value is -3.53. The normalized spacial score (nSPS) is 19.8. The number of aryl methyl sites for hydroxylation is 1. The van der Waals surface area contributed by atoms with Gasteiger partial charge >= 0.3 is 5.69 Å². The topological polar surface area (TPSA) is 125 Å². The highest BCUT2D eigenvalue weighted by Gasteiger charge is 2.28. The number of nitrogens with one attached hydrogen (secondary N) is 4. The van der Waals surface area contributed by atoms with E-state index in [1.165, 1.54) is 23.0 Å². The van der Waals surface area contributed by atoms with Crippen LogP contribution in [0.4, 0.5) is 4.39 Å². The third kappa shape index (κ3) is 7.48. The molecule has 2 aliphatic rings. The van der Waals surface area contributed by atoms with Crippen LogP contribution in [0.2, 0.25) is 5.02 Å². The average molecular weight is 632 g/mol. The van der Waals surface area contributed by atoms with Crippen molar-refractivity contribution in [1.29, 1.82) is 5.41 Å². The van der Waals surface area contributed by atoms with Gasteiger partial charge in [-0.25, -0.2) is 9.18 Å². The number of fused-ring (bicyclic) bond motifs is 1. The molecule has 238 valence electrons. The molecule has 6 N–H and O–H groups in total. The Morgan fingerprint density at radius 1 is 1.20 bits per heavy atom. The Labute approximate surface area is 268 Å². The lowest BCUT2D eigenvalue weighted by Gasteiger charge is -2.33. The van der Waals surface area contributed by atoms with Crippen LogP contribution < -0.4 is 22.1 Å². The van der Waals surface area contributed by atoms with E-state index in [9.17, 15) is 4.79 Å². The third-order valence-electron chi connectivity index (χ3n) is 9.27. The molecule has 4 aromatic rings. The van der Waals surface area contributed by atoms with Crippen molar-refractivity contribution in [2.75, 3.05) is 0 Å². The van der Waals surface area contributed by atoms with E-state index in [2.05, 4.69) is 39.7 Å². The molecule has 1 saturated carbocycles. The second-order valence-electron chi connectivity index (χ2n) is 13.1. The van der Waals surface area contributed by atoms with Crippen molar-refractivity contribution in [3.05, 3.63) is 81.1 Å². The monoisotopic (exact) mass is 631 g/mol. The molecule has 4 atom stereocenters. The molecule has 1 aliphatic heterocycles. The summed E-state index contributed by atoms with van der Waals surface area (Å²) in [5.41, 5.74) is 9.99. The molecule has 8 nitrogen and oxygen atoms in total. The van der Waals surface area contributed by atoms with E-state index in [4.69, 9.17) is 22.7 Å². The number of benzene rings is 2. The number of H-pyrrole nitrogens is 1. The highest BCUT2D eigenvalue weighted by molar-refractivity contribution is 6.31. The molecule has 1 saturated heterocycles. The average Bonchev–Trinajstić information content (AvgIpc) is 3.78. The van der Waals surface area contributed by atoms with Gasteiger partial charge in [-0.05, 0) is 113 Å². The van der Waals surface area contributed by atoms with Gasteiger partial charge in [0.25, 0.3) is 0 Å². The van der Waals surface area contributed by atoms with Gasteiger partial charge in [-0.3, -0.25) is 9.98 Å². The number of hydrogen-bond acceptors (Lipinski definition) is 5. The molecule has 10 heteroatoms. The molecule has 3 heterocycles. The van der Waals surface area contributed by atoms with Crippen molar-refractivity contribution in [3.63, 3.8) is 0 Å². The third-order valence-corrected chi connectivity index (χ3v) is 9.55. The summed E-state index contributed by atoms with van der Waals surface area (Å²) in [7, 11) is 0. The molecule has 0 bridgehead atoms. The van der Waals surface area contributed by atoms with Crippen LogP contribution in [0.3, 0.4) is 0 Å². The standard InChI is InChI=1S/C35H43ClFN7O/c1-20(40-21(2)38)15-26-6-4-8-31(41-26)24-11-13-27(14-12-24)44-19-25-18-32(42-34(25)43-35(44)45)28-16-22(17-29(36)33(28)37)5-3-7-30(39)23-9-10-23/h11-14,16-20,23,26,30-31,41H,3-10,15,39H2,1-2H3,(H2,38,40)(H,42,43,45)/t20-,26-,30+,31-/m0/s1. The van der Waals surface area contributed by atoms with Crippen LogP contribution in [0.1, 0.15) is 82.4 Å². The number of nitrogens with zero attached hydrogens (tertiary/aromatic N) is 2. The maximum absolute atomic E-state index is 15.2. The van der Waals surface area contributed by atoms with Crippen LogP contribution in [0.15, 0.2) is 53.5 Å². The molecule has 0 amide bonds. The molecule has 45 heavy (non-hydrogen) atoms. The smallest absolute Gasteiger partial charge is 0.354 e. The molecule has 2 fully saturated rings. The van der Waals surface area contributed by atoms with Gasteiger partial charge in [-0.1, -0.05) is 30.2 Å². The van der Waals surface area contributed by atoms with Crippen molar-refractivity contribution in [1.82, 2.24) is 25.2 Å². The van der Waals surface area contributed by atoms with E-state index >= 15 is 4.39 Å². The van der Waals surface area contributed by atoms with E-state index in [0.29, 0.717) is 45.8 Å². The molecule has 1 aliphatic carbocycles. The molecule has 6 rings (SSSR count). The molecule has 2 aromatic carbocycles. The van der Waals surface area contributed by atoms with Crippen LogP contribution in [-0.4, -0.2) is 38.5 Å². The zero-order chi connectivity index (χ0) is 31.7.